The van der Waals surface area contributed by atoms with Crippen molar-refractivity contribution in [2.75, 3.05) is 12.3 Å². The molecular formula is C16H26N2O2S. The highest BCUT2D eigenvalue weighted by Crippen LogP contribution is 2.27. The minimum atomic E-state index is -3.30. The molecule has 0 unspecified atom stereocenters. The zero-order valence-corrected chi connectivity index (χ0v) is 13.4. The van der Waals surface area contributed by atoms with E-state index in [0.29, 0.717) is 13.0 Å². The molecule has 1 aliphatic rings. The number of hydrogen-bond donors (Lipinski definition) is 2. The summed E-state index contributed by atoms with van der Waals surface area (Å²) in [6, 6.07) is 9.72. The highest BCUT2D eigenvalue weighted by molar-refractivity contribution is 7.89. The van der Waals surface area contributed by atoms with E-state index in [2.05, 4.69) is 4.72 Å². The van der Waals surface area contributed by atoms with Gasteiger partial charge in [0.25, 0.3) is 0 Å². The summed E-state index contributed by atoms with van der Waals surface area (Å²) in [4.78, 5) is 0. The minimum absolute atomic E-state index is 0.124. The Kier molecular flexibility index (Phi) is 5.79. The second kappa shape index (κ2) is 7.38. The fraction of sp³-hybridized carbons (Fsp3) is 0.625. The molecule has 0 aromatic heterocycles. The van der Waals surface area contributed by atoms with Crippen molar-refractivity contribution in [2.45, 2.75) is 50.5 Å². The summed E-state index contributed by atoms with van der Waals surface area (Å²) < 4.78 is 27.7. The largest absolute Gasteiger partial charge is 0.329 e. The van der Waals surface area contributed by atoms with E-state index in [4.69, 9.17) is 5.73 Å². The summed E-state index contributed by atoms with van der Waals surface area (Å²) in [5.41, 5.74) is 6.52. The lowest BCUT2D eigenvalue weighted by molar-refractivity contribution is 0.342. The first-order chi connectivity index (χ1) is 10.1. The van der Waals surface area contributed by atoms with Crippen LogP contribution in [0.2, 0.25) is 0 Å². The van der Waals surface area contributed by atoms with Crippen LogP contribution in [0.25, 0.3) is 0 Å². The van der Waals surface area contributed by atoms with Crippen molar-refractivity contribution in [1.82, 2.24) is 4.72 Å². The lowest BCUT2D eigenvalue weighted by Gasteiger charge is -2.32. The van der Waals surface area contributed by atoms with Crippen LogP contribution >= 0.6 is 0 Å². The van der Waals surface area contributed by atoms with Crippen LogP contribution in [0.5, 0.6) is 0 Å². The third kappa shape index (κ3) is 5.09. The first-order valence-corrected chi connectivity index (χ1v) is 9.46. The van der Waals surface area contributed by atoms with Gasteiger partial charge in [0.05, 0.1) is 5.75 Å². The van der Waals surface area contributed by atoms with E-state index in [1.165, 1.54) is 12.8 Å². The summed E-state index contributed by atoms with van der Waals surface area (Å²) in [5.74, 6) is 0.124. The zero-order chi connectivity index (χ0) is 15.2. The Morgan fingerprint density at radius 2 is 1.67 bits per heavy atom. The molecule has 2 rings (SSSR count). The van der Waals surface area contributed by atoms with Crippen molar-refractivity contribution in [3.63, 3.8) is 0 Å². The number of nitrogens with two attached hydrogens (primary N) is 1. The Labute approximate surface area is 128 Å². The van der Waals surface area contributed by atoms with Gasteiger partial charge >= 0.3 is 0 Å². The van der Waals surface area contributed by atoms with Gasteiger partial charge in [-0.3, -0.25) is 0 Å². The van der Waals surface area contributed by atoms with Gasteiger partial charge in [-0.2, -0.15) is 0 Å². The van der Waals surface area contributed by atoms with Crippen LogP contribution < -0.4 is 10.5 Å². The third-order valence-corrected chi connectivity index (χ3v) is 5.81. The molecule has 1 aliphatic carbocycles. The number of nitrogens with one attached hydrogen (secondary N) is 1. The van der Waals surface area contributed by atoms with Crippen LogP contribution in [-0.4, -0.2) is 26.3 Å². The average molecular weight is 310 g/mol. The van der Waals surface area contributed by atoms with E-state index in [0.717, 1.165) is 31.2 Å². The third-order valence-electron chi connectivity index (χ3n) is 4.33. The van der Waals surface area contributed by atoms with Crippen molar-refractivity contribution in [3.05, 3.63) is 35.9 Å². The van der Waals surface area contributed by atoms with Crippen LogP contribution in [0.4, 0.5) is 0 Å². The number of rotatable bonds is 6. The minimum Gasteiger partial charge on any atom is -0.329 e. The standard InChI is InChI=1S/C16H26N2O2S/c17-14-16(11-6-1-2-7-12-16)18-21(19,20)13-10-15-8-4-3-5-9-15/h3-5,8-9,18H,1-2,6-7,10-14,17H2. The van der Waals surface area contributed by atoms with Crippen LogP contribution in [0.15, 0.2) is 30.3 Å². The topological polar surface area (TPSA) is 72.2 Å². The molecule has 1 aromatic rings. The lowest BCUT2D eigenvalue weighted by Crippen LogP contribution is -2.53. The molecule has 5 heteroatoms. The van der Waals surface area contributed by atoms with Crippen LogP contribution in [0.3, 0.4) is 0 Å². The van der Waals surface area contributed by atoms with Gasteiger partial charge in [0.15, 0.2) is 0 Å². The first-order valence-electron chi connectivity index (χ1n) is 7.81. The predicted octanol–water partition coefficient (Wildman–Crippen LogP) is 2.20. The fourth-order valence-corrected chi connectivity index (χ4v) is 4.58. The molecular weight excluding hydrogens is 284 g/mol. The number of aryl methyl sites for hydroxylation is 1. The van der Waals surface area contributed by atoms with E-state index < -0.39 is 15.6 Å². The number of sulfonamides is 1. The molecule has 3 N–H and O–H groups in total. The van der Waals surface area contributed by atoms with E-state index in [-0.39, 0.29) is 5.75 Å². The van der Waals surface area contributed by atoms with Crippen molar-refractivity contribution in [1.29, 1.82) is 0 Å². The first kappa shape index (κ1) is 16.5. The number of hydrogen-bond acceptors (Lipinski definition) is 3. The van der Waals surface area contributed by atoms with Crippen molar-refractivity contribution in [3.8, 4) is 0 Å². The summed E-state index contributed by atoms with van der Waals surface area (Å²) in [5, 5.41) is 0. The Bertz CT molecular complexity index is 520. The summed E-state index contributed by atoms with van der Waals surface area (Å²) in [6.45, 7) is 0.386. The van der Waals surface area contributed by atoms with Crippen molar-refractivity contribution >= 4 is 10.0 Å². The second-order valence-electron chi connectivity index (χ2n) is 6.06. The Morgan fingerprint density at radius 3 is 2.24 bits per heavy atom. The van der Waals surface area contributed by atoms with Gasteiger partial charge in [0, 0.05) is 12.1 Å². The number of benzene rings is 1. The Hall–Kier alpha value is -0.910. The maximum atomic E-state index is 12.4. The highest BCUT2D eigenvalue weighted by Gasteiger charge is 2.33. The van der Waals surface area contributed by atoms with E-state index in [1.807, 2.05) is 30.3 Å². The summed E-state index contributed by atoms with van der Waals surface area (Å²) in [7, 11) is -3.30. The maximum absolute atomic E-state index is 12.4. The molecule has 1 fully saturated rings. The summed E-state index contributed by atoms with van der Waals surface area (Å²) >= 11 is 0. The molecule has 0 amide bonds. The molecule has 1 aromatic carbocycles. The Balaban J connectivity index is 1.98. The fourth-order valence-electron chi connectivity index (χ4n) is 3.03. The average Bonchev–Trinajstić information content (AvgIpc) is 2.72. The lowest BCUT2D eigenvalue weighted by atomic mass is 9.92. The molecule has 0 heterocycles. The van der Waals surface area contributed by atoms with E-state index in [1.54, 1.807) is 0 Å². The Morgan fingerprint density at radius 1 is 1.05 bits per heavy atom. The van der Waals surface area contributed by atoms with Gasteiger partial charge in [-0.15, -0.1) is 0 Å². The molecule has 0 atom stereocenters. The molecule has 0 radical (unpaired) electrons. The van der Waals surface area contributed by atoms with Gasteiger partial charge < -0.3 is 5.73 Å². The molecule has 4 nitrogen and oxygen atoms in total. The molecule has 1 saturated carbocycles. The molecule has 21 heavy (non-hydrogen) atoms. The SMILES string of the molecule is NCC1(NS(=O)(=O)CCc2ccccc2)CCCCCC1. The zero-order valence-electron chi connectivity index (χ0n) is 12.6. The smallest absolute Gasteiger partial charge is 0.212 e. The maximum Gasteiger partial charge on any atom is 0.212 e. The molecule has 118 valence electrons. The molecule has 0 aliphatic heterocycles. The summed E-state index contributed by atoms with van der Waals surface area (Å²) in [6.07, 6.45) is 6.71. The van der Waals surface area contributed by atoms with E-state index >= 15 is 0 Å². The molecule has 0 saturated heterocycles. The highest BCUT2D eigenvalue weighted by atomic mass is 32.2. The monoisotopic (exact) mass is 310 g/mol. The predicted molar refractivity (Wildman–Crippen MR) is 86.6 cm³/mol. The molecule has 0 spiro atoms. The van der Waals surface area contributed by atoms with Gasteiger partial charge in [0.2, 0.25) is 10.0 Å². The van der Waals surface area contributed by atoms with Gasteiger partial charge in [-0.1, -0.05) is 56.0 Å². The van der Waals surface area contributed by atoms with Crippen LogP contribution in [-0.2, 0) is 16.4 Å². The second-order valence-corrected chi connectivity index (χ2v) is 7.90. The van der Waals surface area contributed by atoms with Gasteiger partial charge in [-0.25, -0.2) is 13.1 Å². The van der Waals surface area contributed by atoms with Crippen LogP contribution in [0, 0.1) is 0 Å². The molecule has 0 bridgehead atoms. The van der Waals surface area contributed by atoms with E-state index in [9.17, 15) is 8.42 Å². The quantitative estimate of drug-likeness (QED) is 0.791. The van der Waals surface area contributed by atoms with Gasteiger partial charge in [0.1, 0.15) is 0 Å². The van der Waals surface area contributed by atoms with Crippen LogP contribution in [0.1, 0.15) is 44.1 Å². The van der Waals surface area contributed by atoms with Crippen molar-refractivity contribution in [2.24, 2.45) is 5.73 Å². The van der Waals surface area contributed by atoms with Crippen molar-refractivity contribution < 1.29 is 8.42 Å². The van der Waals surface area contributed by atoms with Gasteiger partial charge in [-0.05, 0) is 24.8 Å². The normalized spacial score (nSPS) is 19.1.